The molecule has 1 aromatic rings. The molecule has 1 aromatic carbocycles. The fourth-order valence-electron chi connectivity index (χ4n) is 2.14. The second-order valence-corrected chi connectivity index (χ2v) is 4.59. The van der Waals surface area contributed by atoms with Crippen LogP contribution in [0.4, 0.5) is 0 Å². The minimum Gasteiger partial charge on any atom is -0.493 e. The molecule has 1 aliphatic heterocycles. The summed E-state index contributed by atoms with van der Waals surface area (Å²) in [6, 6.07) is 5.78. The summed E-state index contributed by atoms with van der Waals surface area (Å²) in [7, 11) is 3.25. The van der Waals surface area contributed by atoms with Crippen LogP contribution in [0.5, 0.6) is 11.5 Å². The molecule has 0 saturated heterocycles. The molecule has 108 valence electrons. The van der Waals surface area contributed by atoms with Gasteiger partial charge in [0.05, 0.1) is 26.5 Å². The SMILES string of the molecule is C=CC[NH2+]C[C@@H]1CC(c2ccc(OC)c(OC)c2)=NO1. The molecule has 1 heterocycles. The molecule has 0 saturated carbocycles. The second kappa shape index (κ2) is 6.96. The molecular weight excluding hydrogens is 256 g/mol. The van der Waals surface area contributed by atoms with Gasteiger partial charge in [-0.3, -0.25) is 0 Å². The van der Waals surface area contributed by atoms with Crippen LogP contribution in [0.3, 0.4) is 0 Å². The third-order valence-electron chi connectivity index (χ3n) is 3.21. The summed E-state index contributed by atoms with van der Waals surface area (Å²) in [5, 5.41) is 6.33. The quantitative estimate of drug-likeness (QED) is 0.596. The largest absolute Gasteiger partial charge is 0.493 e. The zero-order chi connectivity index (χ0) is 14.4. The van der Waals surface area contributed by atoms with Crippen LogP contribution in [0.15, 0.2) is 36.0 Å². The average Bonchev–Trinajstić information content (AvgIpc) is 2.95. The summed E-state index contributed by atoms with van der Waals surface area (Å²) in [5.41, 5.74) is 1.96. The number of hydrogen-bond acceptors (Lipinski definition) is 4. The first kappa shape index (κ1) is 14.4. The van der Waals surface area contributed by atoms with E-state index < -0.39 is 0 Å². The van der Waals surface area contributed by atoms with Crippen molar-refractivity contribution in [3.63, 3.8) is 0 Å². The van der Waals surface area contributed by atoms with Crippen LogP contribution in [0.2, 0.25) is 0 Å². The summed E-state index contributed by atoms with van der Waals surface area (Å²) in [4.78, 5) is 5.45. The molecule has 0 bridgehead atoms. The summed E-state index contributed by atoms with van der Waals surface area (Å²) in [6.07, 6.45) is 2.81. The Morgan fingerprint density at radius 2 is 2.20 bits per heavy atom. The van der Waals surface area contributed by atoms with Crippen LogP contribution in [0.25, 0.3) is 0 Å². The van der Waals surface area contributed by atoms with Crippen LogP contribution < -0.4 is 14.8 Å². The van der Waals surface area contributed by atoms with Crippen molar-refractivity contribution in [1.29, 1.82) is 0 Å². The highest BCUT2D eigenvalue weighted by Crippen LogP contribution is 2.29. The molecule has 0 fully saturated rings. The highest BCUT2D eigenvalue weighted by atomic mass is 16.6. The number of ether oxygens (including phenoxy) is 2. The summed E-state index contributed by atoms with van der Waals surface area (Å²) in [6.45, 7) is 5.47. The molecule has 2 rings (SSSR count). The van der Waals surface area contributed by atoms with E-state index in [1.165, 1.54) is 0 Å². The topological polar surface area (TPSA) is 56.7 Å². The Hall–Kier alpha value is -2.01. The highest BCUT2D eigenvalue weighted by Gasteiger charge is 2.24. The molecule has 0 aliphatic carbocycles. The van der Waals surface area contributed by atoms with E-state index >= 15 is 0 Å². The number of methoxy groups -OCH3 is 2. The van der Waals surface area contributed by atoms with Crippen molar-refractivity contribution in [2.24, 2.45) is 5.16 Å². The fraction of sp³-hybridized carbons (Fsp3) is 0.400. The first-order chi connectivity index (χ1) is 9.78. The summed E-state index contributed by atoms with van der Waals surface area (Å²) >= 11 is 0. The Morgan fingerprint density at radius 3 is 2.90 bits per heavy atom. The van der Waals surface area contributed by atoms with Crippen molar-refractivity contribution in [3.8, 4) is 11.5 Å². The van der Waals surface area contributed by atoms with Gasteiger partial charge in [0, 0.05) is 12.0 Å². The normalized spacial score (nSPS) is 17.3. The monoisotopic (exact) mass is 277 g/mol. The summed E-state index contributed by atoms with van der Waals surface area (Å²) in [5.74, 6) is 1.42. The molecule has 0 aromatic heterocycles. The number of rotatable bonds is 7. The van der Waals surface area contributed by atoms with Crippen LogP contribution in [0.1, 0.15) is 12.0 Å². The van der Waals surface area contributed by atoms with Gasteiger partial charge in [0.1, 0.15) is 6.54 Å². The third-order valence-corrected chi connectivity index (χ3v) is 3.21. The minimum absolute atomic E-state index is 0.123. The second-order valence-electron chi connectivity index (χ2n) is 4.59. The lowest BCUT2D eigenvalue weighted by Gasteiger charge is -2.09. The maximum Gasteiger partial charge on any atom is 0.181 e. The standard InChI is InChI=1S/C15H20N2O3/c1-4-7-16-10-12-9-13(17-20-12)11-5-6-14(18-2)15(8-11)19-3/h4-6,8,12,16H,1,7,9-10H2,2-3H3/p+1/t12-/m0/s1. The Balaban J connectivity index is 2.01. The Bertz CT molecular complexity index is 500. The molecule has 2 N–H and O–H groups in total. The number of benzene rings is 1. The molecule has 0 spiro atoms. The lowest BCUT2D eigenvalue weighted by Crippen LogP contribution is -2.86. The van der Waals surface area contributed by atoms with E-state index in [0.29, 0.717) is 11.5 Å². The van der Waals surface area contributed by atoms with Gasteiger partial charge in [-0.05, 0) is 24.3 Å². The van der Waals surface area contributed by atoms with E-state index in [0.717, 1.165) is 30.8 Å². The van der Waals surface area contributed by atoms with Gasteiger partial charge in [0.15, 0.2) is 17.6 Å². The van der Waals surface area contributed by atoms with Crippen molar-refractivity contribution in [2.75, 3.05) is 27.3 Å². The van der Waals surface area contributed by atoms with Gasteiger partial charge >= 0.3 is 0 Å². The molecule has 0 radical (unpaired) electrons. The van der Waals surface area contributed by atoms with E-state index in [9.17, 15) is 0 Å². The van der Waals surface area contributed by atoms with Gasteiger partial charge in [-0.15, -0.1) is 0 Å². The maximum atomic E-state index is 5.45. The molecular formula is C15H21N2O3+. The lowest BCUT2D eigenvalue weighted by molar-refractivity contribution is -0.652. The fourth-order valence-corrected chi connectivity index (χ4v) is 2.14. The molecule has 1 aliphatic rings. The summed E-state index contributed by atoms with van der Waals surface area (Å²) < 4.78 is 10.5. The first-order valence-corrected chi connectivity index (χ1v) is 6.66. The number of quaternary nitrogens is 1. The van der Waals surface area contributed by atoms with Crippen molar-refractivity contribution in [1.82, 2.24) is 0 Å². The van der Waals surface area contributed by atoms with Crippen LogP contribution in [-0.2, 0) is 4.84 Å². The Kier molecular flexibility index (Phi) is 5.01. The zero-order valence-electron chi connectivity index (χ0n) is 12.0. The van der Waals surface area contributed by atoms with Crippen molar-refractivity contribution in [3.05, 3.63) is 36.4 Å². The van der Waals surface area contributed by atoms with Gasteiger partial charge in [-0.2, -0.15) is 0 Å². The van der Waals surface area contributed by atoms with Gasteiger partial charge in [0.2, 0.25) is 0 Å². The van der Waals surface area contributed by atoms with Crippen LogP contribution in [0, 0.1) is 0 Å². The van der Waals surface area contributed by atoms with Crippen LogP contribution >= 0.6 is 0 Å². The first-order valence-electron chi connectivity index (χ1n) is 6.66. The van der Waals surface area contributed by atoms with Gasteiger partial charge in [-0.1, -0.05) is 11.7 Å². The van der Waals surface area contributed by atoms with Crippen molar-refractivity contribution < 1.29 is 19.6 Å². The Labute approximate surface area is 119 Å². The smallest absolute Gasteiger partial charge is 0.181 e. The lowest BCUT2D eigenvalue weighted by atomic mass is 10.0. The maximum absolute atomic E-state index is 5.45. The van der Waals surface area contributed by atoms with Gasteiger partial charge in [-0.25, -0.2) is 0 Å². The van der Waals surface area contributed by atoms with E-state index in [1.54, 1.807) is 14.2 Å². The highest BCUT2D eigenvalue weighted by molar-refractivity contribution is 6.01. The van der Waals surface area contributed by atoms with E-state index in [1.807, 2.05) is 24.3 Å². The third kappa shape index (κ3) is 3.30. The van der Waals surface area contributed by atoms with Crippen molar-refractivity contribution >= 4 is 5.71 Å². The minimum atomic E-state index is 0.123. The van der Waals surface area contributed by atoms with Crippen LogP contribution in [-0.4, -0.2) is 39.1 Å². The molecule has 5 nitrogen and oxygen atoms in total. The predicted octanol–water partition coefficient (Wildman–Crippen LogP) is 0.946. The van der Waals surface area contributed by atoms with Crippen molar-refractivity contribution in [2.45, 2.75) is 12.5 Å². The number of oxime groups is 1. The molecule has 20 heavy (non-hydrogen) atoms. The van der Waals surface area contributed by atoms with E-state index in [-0.39, 0.29) is 6.10 Å². The molecule has 5 heteroatoms. The Morgan fingerprint density at radius 1 is 1.40 bits per heavy atom. The molecule has 0 unspecified atom stereocenters. The molecule has 0 amide bonds. The number of nitrogens with zero attached hydrogens (tertiary/aromatic N) is 1. The predicted molar refractivity (Wildman–Crippen MR) is 77.4 cm³/mol. The number of nitrogens with two attached hydrogens (primary N) is 1. The molecule has 1 atom stereocenters. The van der Waals surface area contributed by atoms with E-state index in [4.69, 9.17) is 14.3 Å². The zero-order valence-corrected chi connectivity index (χ0v) is 12.0. The van der Waals surface area contributed by atoms with E-state index in [2.05, 4.69) is 17.1 Å². The average molecular weight is 277 g/mol. The van der Waals surface area contributed by atoms with Gasteiger partial charge < -0.3 is 19.6 Å². The van der Waals surface area contributed by atoms with Gasteiger partial charge in [0.25, 0.3) is 0 Å². The number of hydrogen-bond donors (Lipinski definition) is 1.